The topological polar surface area (TPSA) is 105 Å². The summed E-state index contributed by atoms with van der Waals surface area (Å²) in [6.07, 6.45) is 1.75. The van der Waals surface area contributed by atoms with Crippen LogP contribution in [0.3, 0.4) is 0 Å². The molecule has 0 aromatic heterocycles. The van der Waals surface area contributed by atoms with Crippen molar-refractivity contribution in [3.8, 4) is 0 Å². The van der Waals surface area contributed by atoms with E-state index >= 15 is 0 Å². The molecule has 0 radical (unpaired) electrons. The van der Waals surface area contributed by atoms with Crippen LogP contribution in [0.25, 0.3) is 0 Å². The van der Waals surface area contributed by atoms with Gasteiger partial charge < -0.3 is 0 Å². The molecule has 0 saturated carbocycles. The molecule has 0 N–H and O–H groups in total. The molecule has 2 aliphatic rings. The molecular formula is C10H8O8Sn. The monoisotopic (exact) mass is 376 g/mol. The molecule has 2 rings (SSSR count). The van der Waals surface area contributed by atoms with Crippen LogP contribution < -0.4 is 0 Å². The van der Waals surface area contributed by atoms with Crippen molar-refractivity contribution in [3.63, 3.8) is 0 Å². The molecule has 100 valence electrons. The summed E-state index contributed by atoms with van der Waals surface area (Å²) in [5.41, 5.74) is -0.0841. The Morgan fingerprint density at radius 2 is 1.11 bits per heavy atom. The Bertz CT molecular complexity index is 508. The molecule has 8 nitrogen and oxygen atoms in total. The summed E-state index contributed by atoms with van der Waals surface area (Å²) in [6.45, 7) is 2.64. The molecule has 0 atom stereocenters. The van der Waals surface area contributed by atoms with E-state index in [9.17, 15) is 19.2 Å². The van der Waals surface area contributed by atoms with E-state index in [-0.39, 0.29) is 11.1 Å². The number of carbonyl (C=O) groups is 4. The standard InChI is InChI=1S/2C5H6O4.Sn/c2*1-3(5(8)9)2-4(6)7;/h2*2H,1H3,(H,6,7)(H,8,9);/q;;+4/p-4. The Hall–Kier alpha value is -1.84. The SMILES string of the molecule is CC1=CC(=O)[O][Sn]2([O]C(=O)C=C(C)C(=O)[O]2)[O]C1=O. The maximum absolute atomic E-state index is 11.6. The zero-order valence-electron chi connectivity index (χ0n) is 9.92. The van der Waals surface area contributed by atoms with Crippen LogP contribution in [0.4, 0.5) is 0 Å². The van der Waals surface area contributed by atoms with Crippen molar-refractivity contribution in [3.05, 3.63) is 23.3 Å². The van der Waals surface area contributed by atoms with E-state index in [1.165, 1.54) is 13.8 Å². The predicted octanol–water partition coefficient (Wildman–Crippen LogP) is -0.485. The quantitative estimate of drug-likeness (QED) is 0.523. The van der Waals surface area contributed by atoms with Crippen molar-refractivity contribution in [1.29, 1.82) is 0 Å². The molecule has 2 aliphatic heterocycles. The fourth-order valence-corrected chi connectivity index (χ4v) is 5.96. The molecule has 0 aliphatic carbocycles. The first kappa shape index (κ1) is 13.6. The first-order valence-electron chi connectivity index (χ1n) is 5.10. The van der Waals surface area contributed by atoms with Gasteiger partial charge in [0.15, 0.2) is 0 Å². The molecule has 0 bridgehead atoms. The van der Waals surface area contributed by atoms with Crippen LogP contribution in [0.1, 0.15) is 13.8 Å². The summed E-state index contributed by atoms with van der Waals surface area (Å²) in [7, 11) is 0. The van der Waals surface area contributed by atoms with Gasteiger partial charge in [-0.15, -0.1) is 0 Å². The minimum absolute atomic E-state index is 0.0420. The van der Waals surface area contributed by atoms with E-state index in [0.29, 0.717) is 0 Å². The predicted molar refractivity (Wildman–Crippen MR) is 57.6 cm³/mol. The van der Waals surface area contributed by atoms with Crippen molar-refractivity contribution in [2.75, 3.05) is 0 Å². The van der Waals surface area contributed by atoms with Crippen LogP contribution in [0, 0.1) is 0 Å². The number of hydrogen-bond acceptors (Lipinski definition) is 8. The van der Waals surface area contributed by atoms with Gasteiger partial charge >= 0.3 is 113 Å². The normalized spacial score (nSPS) is 22.2. The molecule has 1 spiro atoms. The Balaban J connectivity index is 2.38. The van der Waals surface area contributed by atoms with Gasteiger partial charge in [-0.25, -0.2) is 0 Å². The number of hydrogen-bond donors (Lipinski definition) is 0. The van der Waals surface area contributed by atoms with Gasteiger partial charge in [0.05, 0.1) is 0 Å². The third-order valence-corrected chi connectivity index (χ3v) is 7.26. The summed E-state index contributed by atoms with van der Waals surface area (Å²) < 4.78 is 19.2. The van der Waals surface area contributed by atoms with Crippen LogP contribution in [0.2, 0.25) is 0 Å². The minimum atomic E-state index is -5.37. The molecule has 0 amide bonds. The Morgan fingerprint density at radius 3 is 1.47 bits per heavy atom. The van der Waals surface area contributed by atoms with Crippen molar-refractivity contribution in [1.82, 2.24) is 0 Å². The average Bonchev–Trinajstić information content (AvgIpc) is 2.41. The molecule has 0 unspecified atom stereocenters. The second-order valence-electron chi connectivity index (χ2n) is 3.78. The van der Waals surface area contributed by atoms with Crippen LogP contribution in [-0.4, -0.2) is 43.9 Å². The van der Waals surface area contributed by atoms with E-state index in [2.05, 4.69) is 0 Å². The van der Waals surface area contributed by atoms with Crippen molar-refractivity contribution in [2.24, 2.45) is 0 Å². The van der Waals surface area contributed by atoms with Gasteiger partial charge in [-0.1, -0.05) is 0 Å². The van der Waals surface area contributed by atoms with Crippen LogP contribution in [0.15, 0.2) is 23.3 Å². The van der Waals surface area contributed by atoms with Gasteiger partial charge in [0.25, 0.3) is 0 Å². The number of rotatable bonds is 0. The van der Waals surface area contributed by atoms with Crippen LogP contribution >= 0.6 is 0 Å². The molecule has 0 saturated heterocycles. The van der Waals surface area contributed by atoms with E-state index in [1.807, 2.05) is 0 Å². The van der Waals surface area contributed by atoms with Crippen LogP contribution in [-0.2, 0) is 31.5 Å². The maximum atomic E-state index is 11.6. The molecular weight excluding hydrogens is 367 g/mol. The number of carbonyl (C=O) groups excluding carboxylic acids is 4. The Morgan fingerprint density at radius 1 is 0.737 bits per heavy atom. The Labute approximate surface area is 113 Å². The van der Waals surface area contributed by atoms with Gasteiger partial charge in [0, 0.05) is 0 Å². The first-order valence-corrected chi connectivity index (χ1v) is 9.76. The average molecular weight is 375 g/mol. The fraction of sp³-hybridized carbons (Fsp3) is 0.200. The van der Waals surface area contributed by atoms with Gasteiger partial charge in [0.2, 0.25) is 0 Å². The van der Waals surface area contributed by atoms with Crippen molar-refractivity contribution < 1.29 is 31.5 Å². The molecule has 2 heterocycles. The molecule has 0 aromatic rings. The first-order chi connectivity index (χ1) is 8.81. The van der Waals surface area contributed by atoms with Crippen molar-refractivity contribution in [2.45, 2.75) is 13.8 Å². The summed E-state index contributed by atoms with van der Waals surface area (Å²) >= 11 is -5.37. The Kier molecular flexibility index (Phi) is 3.35. The zero-order valence-corrected chi connectivity index (χ0v) is 12.8. The van der Waals surface area contributed by atoms with Gasteiger partial charge in [-0.2, -0.15) is 0 Å². The van der Waals surface area contributed by atoms with E-state index < -0.39 is 43.9 Å². The van der Waals surface area contributed by atoms with E-state index in [0.717, 1.165) is 12.2 Å². The van der Waals surface area contributed by atoms with Crippen molar-refractivity contribution >= 4 is 43.9 Å². The fourth-order valence-electron chi connectivity index (χ4n) is 1.29. The van der Waals surface area contributed by atoms with Gasteiger partial charge in [-0.3, -0.25) is 0 Å². The summed E-state index contributed by atoms with van der Waals surface area (Å²) in [4.78, 5) is 46.0. The zero-order chi connectivity index (χ0) is 14.2. The third kappa shape index (κ3) is 2.78. The summed E-state index contributed by atoms with van der Waals surface area (Å²) in [5, 5.41) is 0. The van der Waals surface area contributed by atoms with E-state index in [1.54, 1.807) is 0 Å². The second-order valence-corrected chi connectivity index (χ2v) is 8.96. The molecule has 9 heteroatoms. The molecule has 0 fully saturated rings. The summed E-state index contributed by atoms with van der Waals surface area (Å²) in [6, 6.07) is 0. The van der Waals surface area contributed by atoms with Gasteiger partial charge in [0.1, 0.15) is 0 Å². The van der Waals surface area contributed by atoms with Gasteiger partial charge in [-0.05, 0) is 0 Å². The van der Waals surface area contributed by atoms with Crippen LogP contribution in [0.5, 0.6) is 0 Å². The summed E-state index contributed by atoms with van der Waals surface area (Å²) in [5.74, 6) is -3.78. The van der Waals surface area contributed by atoms with E-state index in [4.69, 9.17) is 12.3 Å². The second kappa shape index (κ2) is 4.68. The molecule has 19 heavy (non-hydrogen) atoms. The molecule has 0 aromatic carbocycles. The third-order valence-electron chi connectivity index (χ3n) is 2.20.